The maximum absolute atomic E-state index is 12.7. The average Bonchev–Trinajstić information content (AvgIpc) is 3.35. The van der Waals surface area contributed by atoms with Gasteiger partial charge in [0.1, 0.15) is 6.04 Å². The van der Waals surface area contributed by atoms with Crippen LogP contribution in [0.15, 0.2) is 24.3 Å². The Morgan fingerprint density at radius 2 is 2.12 bits per heavy atom. The standard InChI is InChI=1S/C20H30N4O2/c1-2-6-18(23-19(25)15-9-10-21-14-15)20(26)22-16-7-5-8-17(13-16)24-11-3-4-12-24/h5,7-8,13,15,18,21H,2-4,6,9-12,14H2,1H3,(H,22,26)(H,23,25). The van der Waals surface area contributed by atoms with E-state index in [2.05, 4.69) is 26.9 Å². The third-order valence-electron chi connectivity index (χ3n) is 5.23. The molecule has 2 aliphatic heterocycles. The van der Waals surface area contributed by atoms with E-state index in [4.69, 9.17) is 0 Å². The van der Waals surface area contributed by atoms with Crippen LogP contribution in [0.3, 0.4) is 0 Å². The summed E-state index contributed by atoms with van der Waals surface area (Å²) in [6.45, 7) is 5.73. The van der Waals surface area contributed by atoms with E-state index < -0.39 is 6.04 Å². The lowest BCUT2D eigenvalue weighted by atomic mass is 10.1. The second-order valence-corrected chi connectivity index (χ2v) is 7.27. The van der Waals surface area contributed by atoms with Gasteiger partial charge in [0, 0.05) is 31.0 Å². The van der Waals surface area contributed by atoms with Crippen molar-refractivity contribution >= 4 is 23.2 Å². The fourth-order valence-corrected chi connectivity index (χ4v) is 3.71. The number of benzene rings is 1. The van der Waals surface area contributed by atoms with Gasteiger partial charge < -0.3 is 20.9 Å². The molecule has 2 unspecified atom stereocenters. The van der Waals surface area contributed by atoms with Gasteiger partial charge in [-0.1, -0.05) is 19.4 Å². The van der Waals surface area contributed by atoms with Crippen molar-refractivity contribution < 1.29 is 9.59 Å². The van der Waals surface area contributed by atoms with E-state index in [1.807, 2.05) is 25.1 Å². The van der Waals surface area contributed by atoms with Gasteiger partial charge in [-0.25, -0.2) is 0 Å². The molecular formula is C20H30N4O2. The Hall–Kier alpha value is -2.08. The van der Waals surface area contributed by atoms with E-state index in [1.54, 1.807) is 0 Å². The Bertz CT molecular complexity index is 622. The van der Waals surface area contributed by atoms with Gasteiger partial charge in [0.15, 0.2) is 0 Å². The number of anilines is 2. The normalized spacial score (nSPS) is 20.8. The van der Waals surface area contributed by atoms with Crippen LogP contribution < -0.4 is 20.9 Å². The minimum atomic E-state index is -0.483. The second-order valence-electron chi connectivity index (χ2n) is 7.27. The Labute approximate surface area is 155 Å². The van der Waals surface area contributed by atoms with Crippen LogP contribution in [-0.4, -0.2) is 44.0 Å². The molecule has 6 heteroatoms. The highest BCUT2D eigenvalue weighted by molar-refractivity contribution is 5.97. The van der Waals surface area contributed by atoms with Crippen molar-refractivity contribution in [3.05, 3.63) is 24.3 Å². The van der Waals surface area contributed by atoms with Crippen molar-refractivity contribution in [3.63, 3.8) is 0 Å². The zero-order valence-electron chi connectivity index (χ0n) is 15.6. The molecule has 0 spiro atoms. The monoisotopic (exact) mass is 358 g/mol. The molecule has 142 valence electrons. The lowest BCUT2D eigenvalue weighted by Crippen LogP contribution is -2.46. The SMILES string of the molecule is CCCC(NC(=O)C1CCNC1)C(=O)Nc1cccc(N2CCCC2)c1. The number of nitrogens with one attached hydrogen (secondary N) is 3. The van der Waals surface area contributed by atoms with E-state index in [1.165, 1.54) is 12.8 Å². The largest absolute Gasteiger partial charge is 0.371 e. The molecule has 3 rings (SSSR count). The number of carbonyl (C=O) groups excluding carboxylic acids is 2. The van der Waals surface area contributed by atoms with Crippen LogP contribution in [0.25, 0.3) is 0 Å². The number of nitrogens with zero attached hydrogens (tertiary/aromatic N) is 1. The highest BCUT2D eigenvalue weighted by Crippen LogP contribution is 2.23. The van der Waals surface area contributed by atoms with E-state index in [0.29, 0.717) is 13.0 Å². The maximum Gasteiger partial charge on any atom is 0.246 e. The summed E-state index contributed by atoms with van der Waals surface area (Å²) in [6.07, 6.45) is 4.76. The van der Waals surface area contributed by atoms with Crippen molar-refractivity contribution in [3.8, 4) is 0 Å². The summed E-state index contributed by atoms with van der Waals surface area (Å²) in [7, 11) is 0. The molecule has 2 atom stereocenters. The summed E-state index contributed by atoms with van der Waals surface area (Å²) in [4.78, 5) is 27.4. The molecule has 1 aromatic carbocycles. The van der Waals surface area contributed by atoms with Crippen LogP contribution >= 0.6 is 0 Å². The Balaban J connectivity index is 1.61. The van der Waals surface area contributed by atoms with Crippen LogP contribution in [0.5, 0.6) is 0 Å². The van der Waals surface area contributed by atoms with Gasteiger partial charge >= 0.3 is 0 Å². The number of hydrogen-bond donors (Lipinski definition) is 3. The number of rotatable bonds is 7. The zero-order chi connectivity index (χ0) is 18.4. The Morgan fingerprint density at radius 3 is 2.81 bits per heavy atom. The third kappa shape index (κ3) is 4.75. The number of hydrogen-bond acceptors (Lipinski definition) is 4. The Kier molecular flexibility index (Phi) is 6.50. The van der Waals surface area contributed by atoms with Gasteiger partial charge in [0.05, 0.1) is 5.92 Å². The van der Waals surface area contributed by atoms with Crippen molar-refractivity contribution in [1.82, 2.24) is 10.6 Å². The minimum absolute atomic E-state index is 0.0191. The van der Waals surface area contributed by atoms with Gasteiger partial charge in [-0.05, 0) is 50.4 Å². The van der Waals surface area contributed by atoms with Crippen molar-refractivity contribution in [1.29, 1.82) is 0 Å². The molecule has 2 fully saturated rings. The Morgan fingerprint density at radius 1 is 1.31 bits per heavy atom. The highest BCUT2D eigenvalue weighted by Gasteiger charge is 2.27. The van der Waals surface area contributed by atoms with Crippen LogP contribution in [0.2, 0.25) is 0 Å². The molecule has 3 N–H and O–H groups in total. The minimum Gasteiger partial charge on any atom is -0.371 e. The first kappa shape index (κ1) is 18.7. The fraction of sp³-hybridized carbons (Fsp3) is 0.600. The van der Waals surface area contributed by atoms with Gasteiger partial charge in [0.2, 0.25) is 11.8 Å². The molecule has 0 aromatic heterocycles. The summed E-state index contributed by atoms with van der Waals surface area (Å²) in [5.74, 6) is -0.181. The molecule has 1 aromatic rings. The lowest BCUT2D eigenvalue weighted by molar-refractivity contribution is -0.129. The second kappa shape index (κ2) is 9.03. The molecule has 2 saturated heterocycles. The summed E-state index contributed by atoms with van der Waals surface area (Å²) >= 11 is 0. The van der Waals surface area contributed by atoms with Crippen LogP contribution in [-0.2, 0) is 9.59 Å². The molecule has 2 aliphatic rings. The predicted molar refractivity (Wildman–Crippen MR) is 104 cm³/mol. The van der Waals surface area contributed by atoms with E-state index in [-0.39, 0.29) is 17.7 Å². The summed E-state index contributed by atoms with van der Waals surface area (Å²) in [6, 6.07) is 7.50. The smallest absolute Gasteiger partial charge is 0.246 e. The predicted octanol–water partition coefficient (Wildman–Crippen LogP) is 2.12. The summed E-state index contributed by atoms with van der Waals surface area (Å²) in [5, 5.41) is 9.13. The highest BCUT2D eigenvalue weighted by atomic mass is 16.2. The molecular weight excluding hydrogens is 328 g/mol. The number of carbonyl (C=O) groups is 2. The first-order valence-electron chi connectivity index (χ1n) is 9.84. The van der Waals surface area contributed by atoms with Gasteiger partial charge in [0.25, 0.3) is 0 Å². The molecule has 0 aliphatic carbocycles. The average molecular weight is 358 g/mol. The molecule has 6 nitrogen and oxygen atoms in total. The molecule has 26 heavy (non-hydrogen) atoms. The van der Waals surface area contributed by atoms with E-state index in [0.717, 1.165) is 43.9 Å². The maximum atomic E-state index is 12.7. The summed E-state index contributed by atoms with van der Waals surface area (Å²) in [5.41, 5.74) is 1.94. The molecule has 0 bridgehead atoms. The first-order chi connectivity index (χ1) is 12.7. The van der Waals surface area contributed by atoms with Gasteiger partial charge in [-0.15, -0.1) is 0 Å². The van der Waals surface area contributed by atoms with Crippen LogP contribution in [0.4, 0.5) is 11.4 Å². The van der Waals surface area contributed by atoms with E-state index in [9.17, 15) is 9.59 Å². The van der Waals surface area contributed by atoms with Crippen molar-refractivity contribution in [2.24, 2.45) is 5.92 Å². The van der Waals surface area contributed by atoms with Crippen molar-refractivity contribution in [2.45, 2.75) is 45.1 Å². The number of amides is 2. The molecule has 2 amide bonds. The topological polar surface area (TPSA) is 73.5 Å². The molecule has 2 heterocycles. The van der Waals surface area contributed by atoms with E-state index >= 15 is 0 Å². The quantitative estimate of drug-likeness (QED) is 0.698. The van der Waals surface area contributed by atoms with Crippen LogP contribution in [0, 0.1) is 5.92 Å². The van der Waals surface area contributed by atoms with Gasteiger partial charge in [-0.2, -0.15) is 0 Å². The van der Waals surface area contributed by atoms with Crippen molar-refractivity contribution in [2.75, 3.05) is 36.4 Å². The lowest BCUT2D eigenvalue weighted by Gasteiger charge is -2.21. The zero-order valence-corrected chi connectivity index (χ0v) is 15.6. The first-order valence-corrected chi connectivity index (χ1v) is 9.84. The summed E-state index contributed by atoms with van der Waals surface area (Å²) < 4.78 is 0. The molecule has 0 radical (unpaired) electrons. The van der Waals surface area contributed by atoms with Gasteiger partial charge in [-0.3, -0.25) is 9.59 Å². The third-order valence-corrected chi connectivity index (χ3v) is 5.23. The molecule has 0 saturated carbocycles. The fourth-order valence-electron chi connectivity index (χ4n) is 3.71. The van der Waals surface area contributed by atoms with Crippen LogP contribution in [0.1, 0.15) is 39.0 Å².